The fraction of sp³-hybridized carbons (Fsp3) is 0.833. The highest BCUT2D eigenvalue weighted by atomic mass is 31.2. The molecule has 10 heteroatoms. The predicted octanol–water partition coefficient (Wildman–Crippen LogP) is -2.28. The second kappa shape index (κ2) is 6.36. The predicted molar refractivity (Wildman–Crippen MR) is 47.0 cm³/mol. The molecule has 0 saturated heterocycles. The summed E-state index contributed by atoms with van der Waals surface area (Å²) in [6.45, 7) is -2.16. The van der Waals surface area contributed by atoms with Gasteiger partial charge in [0.2, 0.25) is 0 Å². The summed E-state index contributed by atoms with van der Waals surface area (Å²) in [5, 5.41) is 35.3. The van der Waals surface area contributed by atoms with E-state index in [2.05, 4.69) is 4.52 Å². The third-order valence-corrected chi connectivity index (χ3v) is 2.05. The lowest BCUT2D eigenvalue weighted by Gasteiger charge is -2.20. The first-order valence-electron chi connectivity index (χ1n) is 4.03. The van der Waals surface area contributed by atoms with Gasteiger partial charge in [-0.3, -0.25) is 14.2 Å². The van der Waals surface area contributed by atoms with E-state index in [0.29, 0.717) is 0 Å². The van der Waals surface area contributed by atoms with E-state index in [-0.39, 0.29) is 0 Å². The number of ketones is 1. The van der Waals surface area contributed by atoms with Gasteiger partial charge in [-0.1, -0.05) is 0 Å². The molecule has 0 bridgehead atoms. The minimum Gasteiger partial charge on any atom is -0.394 e. The Hall–Kier alpha value is -0.410. The largest absolute Gasteiger partial charge is 0.510 e. The van der Waals surface area contributed by atoms with Crippen molar-refractivity contribution in [1.29, 1.82) is 0 Å². The first-order chi connectivity index (χ1) is 7.19. The Kier molecular flexibility index (Phi) is 6.19. The van der Waals surface area contributed by atoms with Crippen LogP contribution in [0.4, 0.5) is 4.20 Å². The van der Waals surface area contributed by atoms with Crippen LogP contribution in [-0.4, -0.2) is 62.6 Å². The topological polar surface area (TPSA) is 145 Å². The van der Waals surface area contributed by atoms with E-state index in [9.17, 15) is 13.6 Å². The Labute approximate surface area is 89.6 Å². The van der Waals surface area contributed by atoms with E-state index in [0.717, 1.165) is 0 Å². The molecule has 0 aromatic rings. The van der Waals surface area contributed by atoms with Gasteiger partial charge in [0.1, 0.15) is 24.9 Å². The van der Waals surface area contributed by atoms with Crippen molar-refractivity contribution in [2.24, 2.45) is 0 Å². The van der Waals surface area contributed by atoms with Crippen molar-refractivity contribution in [2.75, 3.05) is 13.2 Å². The summed E-state index contributed by atoms with van der Waals surface area (Å²) < 4.78 is 25.5. The van der Waals surface area contributed by atoms with Crippen LogP contribution in [0.5, 0.6) is 0 Å². The zero-order valence-electron chi connectivity index (χ0n) is 7.93. The zero-order valence-corrected chi connectivity index (χ0v) is 8.83. The van der Waals surface area contributed by atoms with Gasteiger partial charge in [0, 0.05) is 0 Å². The third-order valence-electron chi connectivity index (χ3n) is 1.60. The number of aliphatic hydroxyl groups excluding tert-OH is 4. The fourth-order valence-electron chi connectivity index (χ4n) is 0.737. The SMILES string of the molecule is O=C(COP(=O)(O)F)[C@H](O)[C@@H](O)[C@H](O)CO. The minimum atomic E-state index is -5.35. The van der Waals surface area contributed by atoms with Crippen molar-refractivity contribution >= 4 is 13.7 Å². The van der Waals surface area contributed by atoms with E-state index in [4.69, 9.17) is 25.3 Å². The Morgan fingerprint density at radius 3 is 2.25 bits per heavy atom. The van der Waals surface area contributed by atoms with Crippen molar-refractivity contribution in [3.05, 3.63) is 0 Å². The molecule has 5 N–H and O–H groups in total. The first-order valence-corrected chi connectivity index (χ1v) is 5.50. The summed E-state index contributed by atoms with van der Waals surface area (Å²) in [4.78, 5) is 18.9. The summed E-state index contributed by atoms with van der Waals surface area (Å²) in [6.07, 6.45) is -5.93. The highest BCUT2D eigenvalue weighted by Gasteiger charge is 2.31. The first kappa shape index (κ1) is 15.6. The van der Waals surface area contributed by atoms with Crippen LogP contribution >= 0.6 is 7.91 Å². The Balaban J connectivity index is 4.23. The molecule has 0 aliphatic carbocycles. The Morgan fingerprint density at radius 2 is 1.88 bits per heavy atom. The lowest BCUT2D eigenvalue weighted by Crippen LogP contribution is -2.44. The van der Waals surface area contributed by atoms with Gasteiger partial charge >= 0.3 is 7.91 Å². The lowest BCUT2D eigenvalue weighted by molar-refractivity contribution is -0.142. The zero-order chi connectivity index (χ0) is 12.9. The maximum Gasteiger partial charge on any atom is 0.510 e. The standard InChI is InChI=1S/C6H12FO8P/c7-16(13,14)15-2-4(10)6(12)5(11)3(9)1-8/h3,5-6,8-9,11-12H,1-2H2,(H,13,14)/t3-,5+,6+/m1/s1. The second-order valence-corrected chi connectivity index (χ2v) is 4.04. The molecule has 0 saturated carbocycles. The molecule has 0 aromatic carbocycles. The van der Waals surface area contributed by atoms with E-state index >= 15 is 0 Å². The number of aliphatic hydroxyl groups is 4. The number of carbonyl (C=O) groups is 1. The average Bonchev–Trinajstić information content (AvgIpc) is 2.21. The molecule has 0 heterocycles. The van der Waals surface area contributed by atoms with Gasteiger partial charge in [-0.2, -0.15) is 0 Å². The molecule has 0 fully saturated rings. The van der Waals surface area contributed by atoms with Crippen LogP contribution in [0.25, 0.3) is 0 Å². The number of hydrogen-bond donors (Lipinski definition) is 5. The highest BCUT2D eigenvalue weighted by Crippen LogP contribution is 2.43. The van der Waals surface area contributed by atoms with E-state index in [1.165, 1.54) is 0 Å². The van der Waals surface area contributed by atoms with E-state index < -0.39 is 45.2 Å². The van der Waals surface area contributed by atoms with Gasteiger partial charge in [-0.05, 0) is 0 Å². The van der Waals surface area contributed by atoms with Gasteiger partial charge in [0.15, 0.2) is 5.78 Å². The third kappa shape index (κ3) is 5.61. The molecule has 0 aliphatic rings. The molecular formula is C6H12FO8P. The molecule has 4 atom stereocenters. The number of Topliss-reactive ketones (excluding diaryl/α,β-unsaturated/α-hetero) is 1. The normalized spacial score (nSPS) is 20.9. The van der Waals surface area contributed by atoms with Gasteiger partial charge in [0.25, 0.3) is 0 Å². The number of hydrogen-bond acceptors (Lipinski definition) is 7. The summed E-state index contributed by atoms with van der Waals surface area (Å²) in [6, 6.07) is 0. The van der Waals surface area contributed by atoms with Crippen molar-refractivity contribution in [3.63, 3.8) is 0 Å². The van der Waals surface area contributed by atoms with Crippen molar-refractivity contribution in [2.45, 2.75) is 18.3 Å². The summed E-state index contributed by atoms with van der Waals surface area (Å²) in [7, 11) is -5.35. The summed E-state index contributed by atoms with van der Waals surface area (Å²) >= 11 is 0. The Bertz CT molecular complexity index is 278. The molecule has 0 spiro atoms. The average molecular weight is 262 g/mol. The van der Waals surface area contributed by atoms with Crippen molar-refractivity contribution < 1.29 is 43.4 Å². The molecular weight excluding hydrogens is 250 g/mol. The van der Waals surface area contributed by atoms with Crippen LogP contribution in [-0.2, 0) is 13.9 Å². The summed E-state index contributed by atoms with van der Waals surface area (Å²) in [5.41, 5.74) is 0. The van der Waals surface area contributed by atoms with Crippen molar-refractivity contribution in [3.8, 4) is 0 Å². The van der Waals surface area contributed by atoms with Gasteiger partial charge < -0.3 is 20.4 Å². The van der Waals surface area contributed by atoms with Crippen LogP contribution < -0.4 is 0 Å². The van der Waals surface area contributed by atoms with Gasteiger partial charge in [0.05, 0.1) is 6.61 Å². The number of halogens is 1. The quantitative estimate of drug-likeness (QED) is 0.322. The molecule has 0 aromatic heterocycles. The summed E-state index contributed by atoms with van der Waals surface area (Å²) in [5.74, 6) is -1.31. The van der Waals surface area contributed by atoms with E-state index in [1.807, 2.05) is 0 Å². The van der Waals surface area contributed by atoms with E-state index in [1.54, 1.807) is 0 Å². The van der Waals surface area contributed by atoms with Crippen LogP contribution in [0.3, 0.4) is 0 Å². The lowest BCUT2D eigenvalue weighted by atomic mass is 10.1. The molecule has 0 amide bonds. The smallest absolute Gasteiger partial charge is 0.394 e. The molecule has 0 rings (SSSR count). The van der Waals surface area contributed by atoms with Crippen LogP contribution in [0, 0.1) is 0 Å². The molecule has 0 radical (unpaired) electrons. The molecule has 0 aliphatic heterocycles. The van der Waals surface area contributed by atoms with Crippen LogP contribution in [0.15, 0.2) is 0 Å². The maximum atomic E-state index is 11.9. The van der Waals surface area contributed by atoms with Gasteiger partial charge in [-0.25, -0.2) is 4.57 Å². The molecule has 8 nitrogen and oxygen atoms in total. The van der Waals surface area contributed by atoms with Gasteiger partial charge in [-0.15, -0.1) is 4.20 Å². The minimum absolute atomic E-state index is 0.909. The number of rotatable bonds is 7. The molecule has 96 valence electrons. The Morgan fingerprint density at radius 1 is 1.38 bits per heavy atom. The second-order valence-electron chi connectivity index (χ2n) is 2.88. The monoisotopic (exact) mass is 262 g/mol. The van der Waals surface area contributed by atoms with Crippen LogP contribution in [0.1, 0.15) is 0 Å². The van der Waals surface area contributed by atoms with Crippen LogP contribution in [0.2, 0.25) is 0 Å². The van der Waals surface area contributed by atoms with Crippen molar-refractivity contribution in [1.82, 2.24) is 0 Å². The maximum absolute atomic E-state index is 11.9. The molecule has 16 heavy (non-hydrogen) atoms. The highest BCUT2D eigenvalue weighted by molar-refractivity contribution is 7.46. The number of carbonyl (C=O) groups excluding carboxylic acids is 1. The molecule has 1 unspecified atom stereocenters. The fourth-order valence-corrected chi connectivity index (χ4v) is 1.02.